The van der Waals surface area contributed by atoms with Crippen molar-refractivity contribution in [3.8, 4) is 11.3 Å². The SMILES string of the molecule is Cn1nccc1Nc1nccc(-c2cc3n(c2)C(=O)N([C@H](CO)c2ccc(Cl)c(F)c2)C3)n1. The number of aromatic nitrogens is 5. The summed E-state index contributed by atoms with van der Waals surface area (Å²) in [5, 5.41) is 17.1. The number of fused-ring (bicyclic) bond motifs is 1. The molecule has 0 saturated heterocycles. The number of nitrogens with zero attached hydrogens (tertiary/aromatic N) is 6. The third kappa shape index (κ3) is 3.83. The fourth-order valence-corrected chi connectivity index (χ4v) is 3.98. The number of hydrogen-bond donors (Lipinski definition) is 2. The minimum Gasteiger partial charge on any atom is -0.394 e. The molecule has 0 spiro atoms. The highest BCUT2D eigenvalue weighted by atomic mass is 35.5. The summed E-state index contributed by atoms with van der Waals surface area (Å²) in [6, 6.07) is 8.69. The summed E-state index contributed by atoms with van der Waals surface area (Å²) < 4.78 is 17.1. The summed E-state index contributed by atoms with van der Waals surface area (Å²) in [5.74, 6) is 0.548. The molecule has 0 fully saturated rings. The topological polar surface area (TPSA) is 101 Å². The Hall–Kier alpha value is -3.76. The van der Waals surface area contributed by atoms with Gasteiger partial charge in [-0.2, -0.15) is 5.10 Å². The molecule has 168 valence electrons. The van der Waals surface area contributed by atoms with E-state index in [2.05, 4.69) is 20.4 Å². The highest BCUT2D eigenvalue weighted by molar-refractivity contribution is 6.30. The second-order valence-electron chi connectivity index (χ2n) is 7.60. The molecule has 0 unspecified atom stereocenters. The van der Waals surface area contributed by atoms with E-state index in [0.29, 0.717) is 17.2 Å². The molecule has 0 aliphatic carbocycles. The summed E-state index contributed by atoms with van der Waals surface area (Å²) in [6.07, 6.45) is 5.00. The fraction of sp³-hybridized carbons (Fsp3) is 0.182. The summed E-state index contributed by atoms with van der Waals surface area (Å²) >= 11 is 5.77. The van der Waals surface area contributed by atoms with Crippen LogP contribution in [-0.4, -0.2) is 47.0 Å². The van der Waals surface area contributed by atoms with E-state index >= 15 is 0 Å². The fourth-order valence-electron chi connectivity index (χ4n) is 3.87. The van der Waals surface area contributed by atoms with E-state index in [9.17, 15) is 14.3 Å². The Balaban J connectivity index is 1.38. The Labute approximate surface area is 193 Å². The van der Waals surface area contributed by atoms with E-state index < -0.39 is 11.9 Å². The molecule has 1 aliphatic rings. The third-order valence-electron chi connectivity index (χ3n) is 5.57. The van der Waals surface area contributed by atoms with Gasteiger partial charge in [-0.1, -0.05) is 17.7 Å². The largest absolute Gasteiger partial charge is 0.394 e. The molecule has 0 bridgehead atoms. The second kappa shape index (κ2) is 8.30. The summed E-state index contributed by atoms with van der Waals surface area (Å²) in [7, 11) is 1.81. The van der Waals surface area contributed by atoms with Gasteiger partial charge in [-0.3, -0.25) is 9.25 Å². The number of rotatable bonds is 6. The number of benzene rings is 1. The van der Waals surface area contributed by atoms with E-state index in [1.807, 2.05) is 6.07 Å². The van der Waals surface area contributed by atoms with Crippen LogP contribution in [0.2, 0.25) is 5.02 Å². The van der Waals surface area contributed by atoms with Gasteiger partial charge in [0.15, 0.2) is 0 Å². The van der Waals surface area contributed by atoms with Crippen LogP contribution < -0.4 is 5.32 Å². The average Bonchev–Trinajstić information content (AvgIpc) is 3.49. The van der Waals surface area contributed by atoms with Gasteiger partial charge in [-0.15, -0.1) is 0 Å². The van der Waals surface area contributed by atoms with Crippen LogP contribution in [0.3, 0.4) is 0 Å². The van der Waals surface area contributed by atoms with Crippen LogP contribution in [0.15, 0.2) is 55.0 Å². The lowest BCUT2D eigenvalue weighted by Crippen LogP contribution is -2.33. The zero-order valence-corrected chi connectivity index (χ0v) is 18.2. The van der Waals surface area contributed by atoms with Crippen LogP contribution in [0, 0.1) is 5.82 Å². The number of amides is 1. The van der Waals surface area contributed by atoms with Gasteiger partial charge in [0.1, 0.15) is 11.6 Å². The molecule has 9 nitrogen and oxygen atoms in total. The number of nitrogens with one attached hydrogen (secondary N) is 1. The Morgan fingerprint density at radius 3 is 2.79 bits per heavy atom. The molecule has 1 amide bonds. The molecular formula is C22H19ClFN7O2. The first-order valence-corrected chi connectivity index (χ1v) is 10.5. The number of carbonyl (C=O) groups excluding carboxylic acids is 1. The zero-order chi connectivity index (χ0) is 23.1. The van der Waals surface area contributed by atoms with Crippen LogP contribution in [0.25, 0.3) is 11.3 Å². The molecule has 0 saturated carbocycles. The minimum absolute atomic E-state index is 0.0128. The zero-order valence-electron chi connectivity index (χ0n) is 17.5. The van der Waals surface area contributed by atoms with Gasteiger partial charge in [-0.05, 0) is 29.8 Å². The number of aliphatic hydroxyl groups excluding tert-OH is 1. The average molecular weight is 468 g/mol. The van der Waals surface area contributed by atoms with E-state index in [1.165, 1.54) is 21.6 Å². The maximum Gasteiger partial charge on any atom is 0.329 e. The first kappa shape index (κ1) is 21.1. The van der Waals surface area contributed by atoms with Crippen LogP contribution in [-0.2, 0) is 13.6 Å². The Bertz CT molecular complexity index is 1350. The van der Waals surface area contributed by atoms with E-state index in [4.69, 9.17) is 11.6 Å². The van der Waals surface area contributed by atoms with E-state index in [-0.39, 0.29) is 24.2 Å². The molecule has 4 aromatic rings. The normalized spacial score (nSPS) is 13.9. The van der Waals surface area contributed by atoms with E-state index in [1.54, 1.807) is 48.5 Å². The molecule has 2 N–H and O–H groups in total. The summed E-state index contributed by atoms with van der Waals surface area (Å²) in [4.78, 5) is 23.4. The third-order valence-corrected chi connectivity index (χ3v) is 5.88. The molecule has 11 heteroatoms. The van der Waals surface area contributed by atoms with Crippen LogP contribution in [0.4, 0.5) is 21.0 Å². The lowest BCUT2D eigenvalue weighted by molar-refractivity contribution is 0.141. The molecule has 1 atom stereocenters. The first-order valence-electron chi connectivity index (χ1n) is 10.1. The maximum atomic E-state index is 13.9. The quantitative estimate of drug-likeness (QED) is 0.448. The molecule has 4 heterocycles. The van der Waals surface area contributed by atoms with Gasteiger partial charge in [0.05, 0.1) is 36.1 Å². The van der Waals surface area contributed by atoms with Crippen LogP contribution in [0.5, 0.6) is 0 Å². The van der Waals surface area contributed by atoms with Crippen molar-refractivity contribution in [1.82, 2.24) is 29.2 Å². The van der Waals surface area contributed by atoms with Gasteiger partial charge in [0.25, 0.3) is 0 Å². The minimum atomic E-state index is -0.693. The van der Waals surface area contributed by atoms with Crippen molar-refractivity contribution in [2.24, 2.45) is 7.05 Å². The Morgan fingerprint density at radius 2 is 2.09 bits per heavy atom. The molecule has 1 aromatic carbocycles. The standard InChI is InChI=1S/C22H19ClFN7O2/c1-29-20(5-7-26-29)28-21-25-6-4-18(27-21)14-8-15-11-31(22(33)30(15)10-14)19(12-32)13-2-3-16(23)17(24)9-13/h2-10,19,32H,11-12H2,1H3,(H,25,27,28)/t19-/m1/s1. The van der Waals surface area contributed by atoms with Crippen molar-refractivity contribution in [3.63, 3.8) is 0 Å². The highest BCUT2D eigenvalue weighted by Crippen LogP contribution is 2.33. The van der Waals surface area contributed by atoms with Gasteiger partial charge in [0, 0.05) is 36.8 Å². The monoisotopic (exact) mass is 467 g/mol. The maximum absolute atomic E-state index is 13.9. The van der Waals surface area contributed by atoms with Crippen molar-refractivity contribution in [2.45, 2.75) is 12.6 Å². The molecule has 3 aromatic heterocycles. The van der Waals surface area contributed by atoms with Crippen molar-refractivity contribution < 1.29 is 14.3 Å². The number of aliphatic hydroxyl groups is 1. The predicted molar refractivity (Wildman–Crippen MR) is 120 cm³/mol. The highest BCUT2D eigenvalue weighted by Gasteiger charge is 2.34. The Kier molecular flexibility index (Phi) is 5.31. The number of aryl methyl sites for hydroxylation is 1. The molecule has 33 heavy (non-hydrogen) atoms. The van der Waals surface area contributed by atoms with Crippen molar-refractivity contribution >= 4 is 29.4 Å². The summed E-state index contributed by atoms with van der Waals surface area (Å²) in [6.45, 7) is -0.0844. The number of hydrogen-bond acceptors (Lipinski definition) is 6. The smallest absolute Gasteiger partial charge is 0.329 e. The molecule has 5 rings (SSSR count). The summed E-state index contributed by atoms with van der Waals surface area (Å²) in [5.41, 5.74) is 2.61. The lowest BCUT2D eigenvalue weighted by atomic mass is 10.1. The first-order chi connectivity index (χ1) is 15.9. The van der Waals surface area contributed by atoms with Crippen molar-refractivity contribution in [1.29, 1.82) is 0 Å². The lowest BCUT2D eigenvalue weighted by Gasteiger charge is -2.26. The van der Waals surface area contributed by atoms with Gasteiger partial charge in [-0.25, -0.2) is 19.2 Å². The Morgan fingerprint density at radius 1 is 1.24 bits per heavy atom. The van der Waals surface area contributed by atoms with Gasteiger partial charge >= 0.3 is 6.03 Å². The second-order valence-corrected chi connectivity index (χ2v) is 8.01. The van der Waals surface area contributed by atoms with Crippen LogP contribution in [0.1, 0.15) is 17.3 Å². The van der Waals surface area contributed by atoms with Crippen molar-refractivity contribution in [2.75, 3.05) is 11.9 Å². The number of anilines is 2. The molecule has 0 radical (unpaired) electrons. The number of carbonyl (C=O) groups is 1. The van der Waals surface area contributed by atoms with Gasteiger partial charge < -0.3 is 15.3 Å². The number of halogens is 2. The predicted octanol–water partition coefficient (Wildman–Crippen LogP) is 3.73. The van der Waals surface area contributed by atoms with Crippen molar-refractivity contribution in [3.05, 3.63) is 77.1 Å². The molecular weight excluding hydrogens is 449 g/mol. The molecule has 1 aliphatic heterocycles. The van der Waals surface area contributed by atoms with Gasteiger partial charge in [0.2, 0.25) is 5.95 Å². The van der Waals surface area contributed by atoms with E-state index in [0.717, 1.165) is 17.1 Å². The van der Waals surface area contributed by atoms with Crippen LogP contribution >= 0.6 is 11.6 Å².